The molecular formula is C21H23FN6O4. The predicted octanol–water partition coefficient (Wildman–Crippen LogP) is 1.51. The van der Waals surface area contributed by atoms with Gasteiger partial charge < -0.3 is 15.1 Å². The van der Waals surface area contributed by atoms with E-state index in [-0.39, 0.29) is 41.2 Å². The van der Waals surface area contributed by atoms with Gasteiger partial charge in [-0.1, -0.05) is 12.1 Å². The molecule has 0 bridgehead atoms. The first kappa shape index (κ1) is 22.8. The third kappa shape index (κ3) is 4.71. The normalized spacial score (nSPS) is 11.3. The fourth-order valence-corrected chi connectivity index (χ4v) is 3.14. The molecule has 0 spiro atoms. The highest BCUT2D eigenvalue weighted by atomic mass is 19.1. The second-order valence-electron chi connectivity index (χ2n) is 7.79. The summed E-state index contributed by atoms with van der Waals surface area (Å²) < 4.78 is 19.5. The fourth-order valence-electron chi connectivity index (χ4n) is 3.14. The topological polar surface area (TPSA) is 132 Å². The van der Waals surface area contributed by atoms with E-state index in [1.165, 1.54) is 30.7 Å². The highest BCUT2D eigenvalue weighted by Crippen LogP contribution is 2.19. The van der Waals surface area contributed by atoms with Crippen LogP contribution in [0.25, 0.3) is 0 Å². The van der Waals surface area contributed by atoms with Crippen LogP contribution in [0.15, 0.2) is 33.5 Å². The molecule has 3 rings (SSSR count). The minimum Gasteiger partial charge on any atom is -0.417 e. The molecule has 0 aliphatic rings. The predicted molar refractivity (Wildman–Crippen MR) is 111 cm³/mol. The highest BCUT2D eigenvalue weighted by Gasteiger charge is 2.32. The molecule has 0 aliphatic heterocycles. The van der Waals surface area contributed by atoms with Crippen LogP contribution in [0.4, 0.5) is 4.39 Å². The third-order valence-electron chi connectivity index (χ3n) is 4.80. The minimum absolute atomic E-state index is 0.0684. The summed E-state index contributed by atoms with van der Waals surface area (Å²) in [6, 6.07) is 5.67. The molecule has 0 saturated carbocycles. The van der Waals surface area contributed by atoms with Gasteiger partial charge in [0.2, 0.25) is 5.89 Å². The van der Waals surface area contributed by atoms with E-state index in [2.05, 4.69) is 25.8 Å². The van der Waals surface area contributed by atoms with Gasteiger partial charge in [-0.15, -0.1) is 10.2 Å². The van der Waals surface area contributed by atoms with Crippen molar-refractivity contribution in [3.8, 4) is 0 Å². The van der Waals surface area contributed by atoms with Crippen molar-refractivity contribution in [2.45, 2.75) is 39.8 Å². The van der Waals surface area contributed by atoms with E-state index in [1.54, 1.807) is 32.9 Å². The molecule has 2 amide bonds. The van der Waals surface area contributed by atoms with Crippen molar-refractivity contribution >= 4 is 11.8 Å². The summed E-state index contributed by atoms with van der Waals surface area (Å²) in [6.45, 7) is 6.44. The number of carbonyl (C=O) groups is 2. The Kier molecular flexibility index (Phi) is 6.19. The molecule has 0 saturated heterocycles. The third-order valence-corrected chi connectivity index (χ3v) is 4.80. The number of rotatable bonds is 6. The van der Waals surface area contributed by atoms with E-state index in [9.17, 15) is 18.8 Å². The maximum atomic E-state index is 13.1. The van der Waals surface area contributed by atoms with Crippen molar-refractivity contribution in [2.75, 3.05) is 0 Å². The van der Waals surface area contributed by atoms with Gasteiger partial charge in [-0.05, 0) is 38.5 Å². The van der Waals surface area contributed by atoms with Crippen LogP contribution in [-0.4, -0.2) is 31.6 Å². The van der Waals surface area contributed by atoms with Gasteiger partial charge in [-0.2, -0.15) is 0 Å². The zero-order valence-corrected chi connectivity index (χ0v) is 18.3. The number of amides is 2. The minimum atomic E-state index is -1.16. The Labute approximate surface area is 182 Å². The molecule has 0 unspecified atom stereocenters. The van der Waals surface area contributed by atoms with Crippen molar-refractivity contribution in [3.05, 3.63) is 74.9 Å². The quantitative estimate of drug-likeness (QED) is 0.591. The lowest BCUT2D eigenvalue weighted by Gasteiger charge is -2.27. The zero-order chi connectivity index (χ0) is 23.6. The van der Waals surface area contributed by atoms with Gasteiger partial charge in [-0.25, -0.2) is 9.37 Å². The van der Waals surface area contributed by atoms with Crippen LogP contribution in [0.3, 0.4) is 0 Å². The second kappa shape index (κ2) is 8.69. The Morgan fingerprint density at radius 2 is 1.78 bits per heavy atom. The summed E-state index contributed by atoms with van der Waals surface area (Å²) in [5.41, 5.74) is -0.821. The van der Waals surface area contributed by atoms with E-state index in [0.717, 1.165) is 0 Å². The van der Waals surface area contributed by atoms with Crippen LogP contribution < -0.4 is 16.2 Å². The Hall–Kier alpha value is -3.89. The molecule has 168 valence electrons. The van der Waals surface area contributed by atoms with Gasteiger partial charge in [0.15, 0.2) is 0 Å². The highest BCUT2D eigenvalue weighted by molar-refractivity contribution is 5.93. The molecule has 1 aromatic carbocycles. The van der Waals surface area contributed by atoms with Gasteiger partial charge in [-0.3, -0.25) is 19.0 Å². The number of carbonyl (C=O) groups excluding carboxylic acids is 2. The summed E-state index contributed by atoms with van der Waals surface area (Å²) in [5.74, 6) is -1.44. The number of aromatic nitrogens is 4. The number of benzene rings is 1. The number of nitrogens with one attached hydrogen (secondary N) is 2. The number of hydrogen-bond donors (Lipinski definition) is 2. The largest absolute Gasteiger partial charge is 0.417 e. The molecule has 32 heavy (non-hydrogen) atoms. The van der Waals surface area contributed by atoms with Crippen molar-refractivity contribution in [3.63, 3.8) is 0 Å². The first-order valence-electron chi connectivity index (χ1n) is 9.73. The SMILES string of the molecule is Cc1nnc(C(=O)NC(C)(C)c2nc(C(=O)NCc3ccc(F)cc3)c(C)c(=O)n2C)o1. The average Bonchev–Trinajstić information content (AvgIpc) is 3.17. The standard InChI is InChI=1S/C21H23FN6O4/c1-11-15(16(29)23-10-13-6-8-14(22)9-7-13)24-20(28(5)19(11)31)21(3,4)25-17(30)18-27-26-12(2)32-18/h6-9H,10H2,1-5H3,(H,23,29)(H,25,30). The molecule has 0 fully saturated rings. The van der Waals surface area contributed by atoms with Gasteiger partial charge in [0.25, 0.3) is 11.5 Å². The summed E-state index contributed by atoms with van der Waals surface area (Å²) in [7, 11) is 1.50. The molecule has 0 atom stereocenters. The van der Waals surface area contributed by atoms with Crippen molar-refractivity contribution in [1.29, 1.82) is 0 Å². The number of nitrogens with zero attached hydrogens (tertiary/aromatic N) is 4. The first-order chi connectivity index (χ1) is 15.0. The van der Waals surface area contributed by atoms with Crippen LogP contribution in [0.1, 0.15) is 57.9 Å². The van der Waals surface area contributed by atoms with Crippen molar-refractivity contribution in [1.82, 2.24) is 30.4 Å². The van der Waals surface area contributed by atoms with Gasteiger partial charge in [0.1, 0.15) is 17.3 Å². The molecule has 0 aliphatic carbocycles. The second-order valence-corrected chi connectivity index (χ2v) is 7.79. The van der Waals surface area contributed by atoms with Crippen molar-refractivity contribution in [2.24, 2.45) is 7.05 Å². The van der Waals surface area contributed by atoms with E-state index < -0.39 is 22.9 Å². The van der Waals surface area contributed by atoms with E-state index in [1.807, 2.05) is 0 Å². The monoisotopic (exact) mass is 442 g/mol. The molecule has 2 aromatic heterocycles. The summed E-state index contributed by atoms with van der Waals surface area (Å²) in [4.78, 5) is 42.4. The summed E-state index contributed by atoms with van der Waals surface area (Å²) in [5, 5.41) is 12.7. The lowest BCUT2D eigenvalue weighted by Crippen LogP contribution is -2.46. The van der Waals surface area contributed by atoms with E-state index in [4.69, 9.17) is 4.42 Å². The number of hydrogen-bond acceptors (Lipinski definition) is 7. The smallest absolute Gasteiger partial charge is 0.309 e. The Balaban J connectivity index is 1.88. The molecule has 2 heterocycles. The van der Waals surface area contributed by atoms with Crippen LogP contribution in [0.5, 0.6) is 0 Å². The number of aryl methyl sites for hydroxylation is 1. The van der Waals surface area contributed by atoms with Crippen LogP contribution >= 0.6 is 0 Å². The number of halogens is 1. The summed E-state index contributed by atoms with van der Waals surface area (Å²) >= 11 is 0. The molecule has 3 aromatic rings. The Morgan fingerprint density at radius 1 is 1.12 bits per heavy atom. The van der Waals surface area contributed by atoms with Gasteiger partial charge in [0.05, 0.1) is 5.54 Å². The van der Waals surface area contributed by atoms with E-state index in [0.29, 0.717) is 5.56 Å². The van der Waals surface area contributed by atoms with Crippen molar-refractivity contribution < 1.29 is 18.4 Å². The maximum absolute atomic E-state index is 13.1. The molecular weight excluding hydrogens is 419 g/mol. The van der Waals surface area contributed by atoms with Gasteiger partial charge >= 0.3 is 11.8 Å². The summed E-state index contributed by atoms with van der Waals surface area (Å²) in [6.07, 6.45) is 0. The molecule has 10 nitrogen and oxygen atoms in total. The van der Waals surface area contributed by atoms with Gasteiger partial charge in [0, 0.05) is 26.1 Å². The fraction of sp³-hybridized carbons (Fsp3) is 0.333. The maximum Gasteiger partial charge on any atom is 0.309 e. The average molecular weight is 442 g/mol. The van der Waals surface area contributed by atoms with Crippen LogP contribution in [0.2, 0.25) is 0 Å². The van der Waals surface area contributed by atoms with Crippen LogP contribution in [-0.2, 0) is 19.1 Å². The lowest BCUT2D eigenvalue weighted by atomic mass is 10.0. The van der Waals surface area contributed by atoms with Crippen LogP contribution in [0, 0.1) is 19.7 Å². The molecule has 0 radical (unpaired) electrons. The zero-order valence-electron chi connectivity index (χ0n) is 18.3. The molecule has 11 heteroatoms. The van der Waals surface area contributed by atoms with E-state index >= 15 is 0 Å². The first-order valence-corrected chi connectivity index (χ1v) is 9.73. The Morgan fingerprint density at radius 3 is 2.38 bits per heavy atom. The Bertz CT molecular complexity index is 1230. The molecule has 2 N–H and O–H groups in total. The lowest BCUT2D eigenvalue weighted by molar-refractivity contribution is 0.0869.